The number of aromatic hydroxyl groups is 1. The van der Waals surface area contributed by atoms with E-state index in [4.69, 9.17) is 20.1 Å². The van der Waals surface area contributed by atoms with Gasteiger partial charge in [-0.1, -0.05) is 18.2 Å². The van der Waals surface area contributed by atoms with Crippen LogP contribution in [0.25, 0.3) is 0 Å². The molecule has 0 saturated heterocycles. The minimum atomic E-state index is -1.26. The van der Waals surface area contributed by atoms with E-state index in [1.54, 1.807) is 19.2 Å². The summed E-state index contributed by atoms with van der Waals surface area (Å²) in [5, 5.41) is 27.1. The quantitative estimate of drug-likeness (QED) is 0.216. The number of hydrogen-bond donors (Lipinski definition) is 4. The number of carboxylic acids is 2. The third-order valence-electron chi connectivity index (χ3n) is 4.88. The number of carboxylic acid groups (broad SMARTS) is 2. The number of pyridine rings is 1. The van der Waals surface area contributed by atoms with Crippen molar-refractivity contribution in [1.29, 1.82) is 0 Å². The number of aromatic nitrogens is 1. The number of phenols is 1. The molecule has 0 unspecified atom stereocenters. The Morgan fingerprint density at radius 2 is 1.50 bits per heavy atom. The highest BCUT2D eigenvalue weighted by molar-refractivity contribution is 5.89. The fraction of sp³-hybridized carbons (Fsp3) is 0.241. The van der Waals surface area contributed by atoms with Crippen molar-refractivity contribution < 1.29 is 34.4 Å². The Balaban J connectivity index is 0.000000351. The monoisotopic (exact) mass is 552 g/mol. The Kier molecular flexibility index (Phi) is 15.2. The average Bonchev–Trinajstić information content (AvgIpc) is 2.92. The van der Waals surface area contributed by atoms with Crippen molar-refractivity contribution in [3.05, 3.63) is 90.6 Å². The Labute approximate surface area is 234 Å². The third kappa shape index (κ3) is 15.4. The Morgan fingerprint density at radius 1 is 0.900 bits per heavy atom. The molecule has 2 aromatic carbocycles. The Bertz CT molecular complexity index is 1180. The van der Waals surface area contributed by atoms with Crippen LogP contribution in [0.3, 0.4) is 0 Å². The van der Waals surface area contributed by atoms with Crippen LogP contribution in [0, 0.1) is 0 Å². The molecule has 0 radical (unpaired) electrons. The molecule has 4 N–H and O–H groups in total. The van der Waals surface area contributed by atoms with Crippen molar-refractivity contribution in [2.24, 2.45) is 0 Å². The number of carbonyl (C=O) groups excluding carboxylic acids is 1. The van der Waals surface area contributed by atoms with E-state index in [2.05, 4.69) is 52.4 Å². The summed E-state index contributed by atoms with van der Waals surface area (Å²) in [6, 6.07) is 20.5. The van der Waals surface area contributed by atoms with Gasteiger partial charge in [-0.3, -0.25) is 4.79 Å². The van der Waals surface area contributed by atoms with E-state index in [0.717, 1.165) is 31.2 Å². The van der Waals surface area contributed by atoms with Crippen LogP contribution in [-0.4, -0.2) is 77.3 Å². The van der Waals surface area contributed by atoms with Gasteiger partial charge in [0.15, 0.2) is 0 Å². The molecule has 0 aliphatic carbocycles. The number of likely N-dealkylation sites (N-methyl/N-ethyl adjacent to an activating group) is 1. The maximum atomic E-state index is 10.5. The van der Waals surface area contributed by atoms with Gasteiger partial charge in [0.1, 0.15) is 17.3 Å². The molecule has 1 heterocycles. The number of hydrogen-bond acceptors (Lipinski definition) is 8. The summed E-state index contributed by atoms with van der Waals surface area (Å²) >= 11 is 0. The molecule has 0 saturated carbocycles. The van der Waals surface area contributed by atoms with Gasteiger partial charge in [0.05, 0.1) is 7.11 Å². The van der Waals surface area contributed by atoms with Gasteiger partial charge >= 0.3 is 11.9 Å². The number of methoxy groups -OCH3 is 1. The second kappa shape index (κ2) is 18.4. The number of aliphatic carboxylic acids is 2. The van der Waals surface area contributed by atoms with Crippen molar-refractivity contribution in [3.8, 4) is 11.5 Å². The van der Waals surface area contributed by atoms with E-state index in [1.165, 1.54) is 24.6 Å². The highest BCUT2D eigenvalue weighted by atomic mass is 16.5. The highest BCUT2D eigenvalue weighted by Crippen LogP contribution is 2.17. The lowest BCUT2D eigenvalue weighted by atomic mass is 10.2. The van der Waals surface area contributed by atoms with Crippen LogP contribution in [0.5, 0.6) is 11.5 Å². The van der Waals surface area contributed by atoms with Crippen LogP contribution in [-0.2, 0) is 20.9 Å². The van der Waals surface area contributed by atoms with Crippen molar-refractivity contribution in [2.75, 3.05) is 44.5 Å². The topological polar surface area (TPSA) is 153 Å². The third-order valence-corrected chi connectivity index (χ3v) is 4.88. The zero-order chi connectivity index (χ0) is 29.9. The maximum Gasteiger partial charge on any atom is 0.328 e. The van der Waals surface area contributed by atoms with E-state index in [-0.39, 0.29) is 11.7 Å². The number of amides is 1. The van der Waals surface area contributed by atoms with Crippen LogP contribution >= 0.6 is 0 Å². The summed E-state index contributed by atoms with van der Waals surface area (Å²) in [7, 11) is 5.86. The molecule has 0 aliphatic rings. The molecule has 1 amide bonds. The summed E-state index contributed by atoms with van der Waals surface area (Å²) < 4.78 is 5.21. The summed E-state index contributed by atoms with van der Waals surface area (Å²) in [6.07, 6.45) is 2.96. The number of phenolic OH excluding ortho intramolecular Hbond substituents is 1. The number of ether oxygens (including phenoxy) is 1. The Morgan fingerprint density at radius 3 is 1.95 bits per heavy atom. The molecule has 0 atom stereocenters. The van der Waals surface area contributed by atoms with E-state index in [9.17, 15) is 14.4 Å². The van der Waals surface area contributed by atoms with Crippen LogP contribution in [0.15, 0.2) is 85.1 Å². The number of anilines is 2. The van der Waals surface area contributed by atoms with Gasteiger partial charge < -0.3 is 35.2 Å². The van der Waals surface area contributed by atoms with Gasteiger partial charge in [-0.25, -0.2) is 14.6 Å². The smallest absolute Gasteiger partial charge is 0.328 e. The normalized spacial score (nSPS) is 10.0. The lowest BCUT2D eigenvalue weighted by molar-refractivity contribution is -0.134. The first-order valence-electron chi connectivity index (χ1n) is 12.1. The fourth-order valence-electron chi connectivity index (χ4n) is 2.98. The van der Waals surface area contributed by atoms with Crippen molar-refractivity contribution in [1.82, 2.24) is 9.88 Å². The molecule has 11 nitrogen and oxygen atoms in total. The predicted molar refractivity (Wildman–Crippen MR) is 154 cm³/mol. The molecule has 1 aromatic heterocycles. The largest absolute Gasteiger partial charge is 0.508 e. The van der Waals surface area contributed by atoms with Gasteiger partial charge in [-0.05, 0) is 68.2 Å². The van der Waals surface area contributed by atoms with Gasteiger partial charge in [-0.15, -0.1) is 0 Å². The highest BCUT2D eigenvalue weighted by Gasteiger charge is 2.09. The van der Waals surface area contributed by atoms with Crippen LogP contribution in [0.2, 0.25) is 0 Å². The first kappa shape index (κ1) is 33.1. The van der Waals surface area contributed by atoms with Gasteiger partial charge in [-0.2, -0.15) is 0 Å². The van der Waals surface area contributed by atoms with Crippen molar-refractivity contribution in [2.45, 2.75) is 13.5 Å². The number of rotatable bonds is 10. The first-order chi connectivity index (χ1) is 19.0. The zero-order valence-corrected chi connectivity index (χ0v) is 23.0. The molecular weight excluding hydrogens is 516 g/mol. The van der Waals surface area contributed by atoms with E-state index >= 15 is 0 Å². The van der Waals surface area contributed by atoms with E-state index in [1.807, 2.05) is 30.5 Å². The summed E-state index contributed by atoms with van der Waals surface area (Å²) in [5.41, 5.74) is 1.94. The number of nitrogens with zero attached hydrogens (tertiary/aromatic N) is 3. The first-order valence-corrected chi connectivity index (χ1v) is 12.1. The van der Waals surface area contributed by atoms with Crippen molar-refractivity contribution in [3.63, 3.8) is 0 Å². The van der Waals surface area contributed by atoms with Gasteiger partial charge in [0, 0.05) is 50.6 Å². The fourth-order valence-corrected chi connectivity index (χ4v) is 2.98. The molecule has 0 fully saturated rings. The van der Waals surface area contributed by atoms with E-state index < -0.39 is 11.9 Å². The zero-order valence-electron chi connectivity index (χ0n) is 23.0. The maximum absolute atomic E-state index is 10.5. The van der Waals surface area contributed by atoms with Crippen molar-refractivity contribution >= 4 is 29.4 Å². The molecule has 214 valence electrons. The summed E-state index contributed by atoms with van der Waals surface area (Å²) in [6.45, 7) is 4.21. The molecule has 11 heteroatoms. The molecule has 0 spiro atoms. The molecule has 3 rings (SSSR count). The minimum absolute atomic E-state index is 0.115. The predicted octanol–water partition coefficient (Wildman–Crippen LogP) is 3.72. The lowest BCUT2D eigenvalue weighted by Crippen LogP contribution is -2.31. The number of benzene rings is 2. The minimum Gasteiger partial charge on any atom is -0.508 e. The lowest BCUT2D eigenvalue weighted by Gasteiger charge is -2.25. The standard InChI is InChI=1S/C17H23N3O.C8H9NO2.C4H4O4/c1-19(2)12-13-20(17-6-4-5-11-18-17)14-15-7-9-16(21-3)10-8-15;1-6(10)9-7-2-4-8(11)5-3-7;5-3(6)1-2-4(7)8/h4-11H,12-14H2,1-3H3;2-5,11H,1H3,(H,9,10);1-2H,(H,5,6)(H,7,8)/b;;2-1-. The SMILES string of the molecule is CC(=O)Nc1ccc(O)cc1.COc1ccc(CN(CCN(C)C)c2ccccn2)cc1.O=C(O)/C=C\C(=O)O. The summed E-state index contributed by atoms with van der Waals surface area (Å²) in [4.78, 5) is 38.6. The number of carbonyl (C=O) groups is 3. The van der Waals surface area contributed by atoms with Crippen LogP contribution in [0.4, 0.5) is 11.5 Å². The van der Waals surface area contributed by atoms with Gasteiger partial charge in [0.2, 0.25) is 5.91 Å². The second-order valence-corrected chi connectivity index (χ2v) is 8.50. The molecule has 40 heavy (non-hydrogen) atoms. The molecular formula is C29H36N4O7. The second-order valence-electron chi connectivity index (χ2n) is 8.50. The summed E-state index contributed by atoms with van der Waals surface area (Å²) in [5.74, 6) is -0.541. The molecule has 0 bridgehead atoms. The molecule has 0 aliphatic heterocycles. The number of nitrogens with one attached hydrogen (secondary N) is 1. The van der Waals surface area contributed by atoms with E-state index in [0.29, 0.717) is 17.8 Å². The van der Waals surface area contributed by atoms with Crippen LogP contribution in [0.1, 0.15) is 12.5 Å². The Hall–Kier alpha value is -4.90. The average molecular weight is 553 g/mol. The van der Waals surface area contributed by atoms with Gasteiger partial charge in [0.25, 0.3) is 0 Å². The molecule has 3 aromatic rings. The van der Waals surface area contributed by atoms with Crippen LogP contribution < -0.4 is 15.0 Å².